The Bertz CT molecular complexity index is 1150. The zero-order valence-corrected chi connectivity index (χ0v) is 18.5. The molecule has 0 aliphatic carbocycles. The van der Waals surface area contributed by atoms with Gasteiger partial charge in [0.1, 0.15) is 4.90 Å². The average molecular weight is 473 g/mol. The molecule has 0 fully saturated rings. The summed E-state index contributed by atoms with van der Waals surface area (Å²) in [7, 11) is -3.76. The highest BCUT2D eigenvalue weighted by molar-refractivity contribution is 9.10. The number of benzene rings is 3. The van der Waals surface area contributed by atoms with Crippen LogP contribution in [0.25, 0.3) is 0 Å². The van der Waals surface area contributed by atoms with E-state index in [0.717, 1.165) is 11.1 Å². The predicted octanol–water partition coefficient (Wildman–Crippen LogP) is 4.95. The fourth-order valence-electron chi connectivity index (χ4n) is 2.84. The third-order valence-corrected chi connectivity index (χ3v) is 7.31. The molecule has 150 valence electrons. The first kappa shape index (κ1) is 21.1. The number of rotatable bonds is 6. The Balaban J connectivity index is 1.81. The fraction of sp³-hybridized carbons (Fsp3) is 0.136. The number of halogens is 1. The largest absolute Gasteiger partial charge is 0.375 e. The molecular weight excluding hydrogens is 452 g/mol. The molecule has 0 spiro atoms. The molecule has 0 atom stereocenters. The molecule has 0 heterocycles. The second-order valence-electron chi connectivity index (χ2n) is 6.63. The lowest BCUT2D eigenvalue weighted by Crippen LogP contribution is -2.22. The molecule has 0 aliphatic rings. The highest BCUT2D eigenvalue weighted by Crippen LogP contribution is 2.34. The topological polar surface area (TPSA) is 75.3 Å². The van der Waals surface area contributed by atoms with Gasteiger partial charge in [-0.25, -0.2) is 8.42 Å². The normalized spacial score (nSPS) is 11.1. The summed E-state index contributed by atoms with van der Waals surface area (Å²) in [5.41, 5.74) is 3.29. The van der Waals surface area contributed by atoms with Gasteiger partial charge < -0.3 is 10.6 Å². The Kier molecular flexibility index (Phi) is 6.39. The van der Waals surface area contributed by atoms with Gasteiger partial charge in [0.15, 0.2) is 0 Å². The minimum Gasteiger partial charge on any atom is -0.375 e. The van der Waals surface area contributed by atoms with E-state index >= 15 is 0 Å². The molecular formula is C22H21BrN2O3S. The van der Waals surface area contributed by atoms with Crippen LogP contribution < -0.4 is 10.6 Å². The molecule has 5 nitrogen and oxygen atoms in total. The van der Waals surface area contributed by atoms with E-state index in [2.05, 4.69) is 26.6 Å². The van der Waals surface area contributed by atoms with Crippen molar-refractivity contribution in [3.05, 3.63) is 82.3 Å². The fourth-order valence-corrected chi connectivity index (χ4v) is 5.35. The monoisotopic (exact) mass is 472 g/mol. The predicted molar refractivity (Wildman–Crippen MR) is 119 cm³/mol. The number of carbonyl (C=O) groups is 1. The Morgan fingerprint density at radius 3 is 2.34 bits per heavy atom. The Labute approximate surface area is 179 Å². The van der Waals surface area contributed by atoms with Crippen molar-refractivity contribution >= 4 is 43.0 Å². The molecule has 0 unspecified atom stereocenters. The number of sulfone groups is 1. The molecule has 0 bridgehead atoms. The number of hydrogen-bond donors (Lipinski definition) is 2. The minimum atomic E-state index is -3.76. The molecule has 0 saturated heterocycles. The van der Waals surface area contributed by atoms with Crippen LogP contribution in [0.1, 0.15) is 11.1 Å². The van der Waals surface area contributed by atoms with Gasteiger partial charge in [0.25, 0.3) is 0 Å². The first-order valence-corrected chi connectivity index (χ1v) is 11.3. The lowest BCUT2D eigenvalue weighted by molar-refractivity contribution is -0.114. The van der Waals surface area contributed by atoms with Crippen LogP contribution in [0, 0.1) is 13.8 Å². The van der Waals surface area contributed by atoms with Crippen LogP contribution in [0.3, 0.4) is 0 Å². The first-order chi connectivity index (χ1) is 13.8. The van der Waals surface area contributed by atoms with Crippen molar-refractivity contribution in [3.63, 3.8) is 0 Å². The van der Waals surface area contributed by atoms with Gasteiger partial charge in [0.05, 0.1) is 17.1 Å². The lowest BCUT2D eigenvalue weighted by Gasteiger charge is -2.15. The van der Waals surface area contributed by atoms with Gasteiger partial charge in [0.2, 0.25) is 15.7 Å². The Hall–Kier alpha value is -2.64. The summed E-state index contributed by atoms with van der Waals surface area (Å²) in [4.78, 5) is 12.7. The Morgan fingerprint density at radius 1 is 0.931 bits per heavy atom. The summed E-state index contributed by atoms with van der Waals surface area (Å²) >= 11 is 3.34. The minimum absolute atomic E-state index is 0.0688. The van der Waals surface area contributed by atoms with Crippen LogP contribution in [-0.2, 0) is 14.6 Å². The number of nitrogens with one attached hydrogen (secondary N) is 2. The van der Waals surface area contributed by atoms with Crippen molar-refractivity contribution in [2.24, 2.45) is 0 Å². The highest BCUT2D eigenvalue weighted by atomic mass is 79.9. The molecule has 7 heteroatoms. The summed E-state index contributed by atoms with van der Waals surface area (Å²) in [6, 6.07) is 18.9. The van der Waals surface area contributed by atoms with Crippen molar-refractivity contribution in [1.82, 2.24) is 0 Å². The number of carbonyl (C=O) groups excluding carboxylic acids is 1. The molecule has 0 aromatic heterocycles. The maximum Gasteiger partial charge on any atom is 0.243 e. The number of hydrogen-bond acceptors (Lipinski definition) is 4. The van der Waals surface area contributed by atoms with E-state index in [0.29, 0.717) is 15.8 Å². The third-order valence-electron chi connectivity index (χ3n) is 4.52. The van der Waals surface area contributed by atoms with Gasteiger partial charge in [-0.05, 0) is 77.3 Å². The molecule has 0 radical (unpaired) electrons. The van der Waals surface area contributed by atoms with Crippen LogP contribution in [-0.4, -0.2) is 20.9 Å². The van der Waals surface area contributed by atoms with Gasteiger partial charge in [0, 0.05) is 10.2 Å². The molecule has 1 amide bonds. The van der Waals surface area contributed by atoms with E-state index in [9.17, 15) is 13.2 Å². The first-order valence-electron chi connectivity index (χ1n) is 8.98. The van der Waals surface area contributed by atoms with Gasteiger partial charge in [-0.2, -0.15) is 0 Å². The molecule has 0 saturated carbocycles. The van der Waals surface area contributed by atoms with E-state index in [4.69, 9.17) is 0 Å². The molecule has 3 aromatic carbocycles. The van der Waals surface area contributed by atoms with Gasteiger partial charge >= 0.3 is 0 Å². The van der Waals surface area contributed by atoms with Crippen molar-refractivity contribution in [1.29, 1.82) is 0 Å². The third kappa shape index (κ3) is 4.86. The van der Waals surface area contributed by atoms with Gasteiger partial charge in [-0.3, -0.25) is 4.79 Å². The van der Waals surface area contributed by atoms with Crippen LogP contribution >= 0.6 is 15.9 Å². The standard InChI is InChI=1S/C22H21BrN2O3S/c1-15-11-12-17(13-16(15)2)25-21(26)14-24-20-10-6-9-19(23)22(20)29(27,28)18-7-4-3-5-8-18/h3-13,24H,14H2,1-2H3,(H,25,26). The summed E-state index contributed by atoms with van der Waals surface area (Å²) in [5.74, 6) is -0.267. The maximum atomic E-state index is 13.1. The van der Waals surface area contributed by atoms with Crippen LogP contribution in [0.4, 0.5) is 11.4 Å². The smallest absolute Gasteiger partial charge is 0.243 e. The van der Waals surface area contributed by atoms with E-state index in [1.807, 2.05) is 32.0 Å². The second kappa shape index (κ2) is 8.80. The van der Waals surface area contributed by atoms with Crippen molar-refractivity contribution in [3.8, 4) is 0 Å². The SMILES string of the molecule is Cc1ccc(NC(=O)CNc2cccc(Br)c2S(=O)(=O)c2ccccc2)cc1C. The summed E-state index contributed by atoms with van der Waals surface area (Å²) in [6.07, 6.45) is 0. The number of aryl methyl sites for hydroxylation is 2. The van der Waals surface area contributed by atoms with E-state index < -0.39 is 9.84 Å². The van der Waals surface area contributed by atoms with Crippen molar-refractivity contribution in [2.45, 2.75) is 23.6 Å². The van der Waals surface area contributed by atoms with Crippen LogP contribution in [0.15, 0.2) is 81.0 Å². The van der Waals surface area contributed by atoms with Crippen molar-refractivity contribution < 1.29 is 13.2 Å². The molecule has 2 N–H and O–H groups in total. The van der Waals surface area contributed by atoms with Crippen LogP contribution in [0.5, 0.6) is 0 Å². The second-order valence-corrected chi connectivity index (χ2v) is 9.37. The lowest BCUT2D eigenvalue weighted by atomic mass is 10.1. The van der Waals surface area contributed by atoms with E-state index in [1.54, 1.807) is 48.5 Å². The van der Waals surface area contributed by atoms with Crippen LogP contribution in [0.2, 0.25) is 0 Å². The van der Waals surface area contributed by atoms with E-state index in [-0.39, 0.29) is 22.2 Å². The number of anilines is 2. The molecule has 3 rings (SSSR count). The number of amides is 1. The average Bonchev–Trinajstić information content (AvgIpc) is 2.69. The molecule has 3 aromatic rings. The van der Waals surface area contributed by atoms with Gasteiger partial charge in [-0.1, -0.05) is 30.3 Å². The quantitative estimate of drug-likeness (QED) is 0.532. The summed E-state index contributed by atoms with van der Waals surface area (Å²) in [5, 5.41) is 5.78. The molecule has 0 aliphatic heterocycles. The van der Waals surface area contributed by atoms with Gasteiger partial charge in [-0.15, -0.1) is 0 Å². The summed E-state index contributed by atoms with van der Waals surface area (Å²) in [6.45, 7) is 3.91. The Morgan fingerprint density at radius 2 is 1.66 bits per heavy atom. The zero-order valence-electron chi connectivity index (χ0n) is 16.1. The zero-order chi connectivity index (χ0) is 21.0. The molecule has 29 heavy (non-hydrogen) atoms. The maximum absolute atomic E-state index is 13.1. The van der Waals surface area contributed by atoms with E-state index in [1.165, 1.54) is 0 Å². The summed E-state index contributed by atoms with van der Waals surface area (Å²) < 4.78 is 26.7. The van der Waals surface area contributed by atoms with Crippen molar-refractivity contribution in [2.75, 3.05) is 17.2 Å². The highest BCUT2D eigenvalue weighted by Gasteiger charge is 2.24.